The van der Waals surface area contributed by atoms with Gasteiger partial charge in [0.1, 0.15) is 0 Å². The molecule has 0 saturated carbocycles. The van der Waals surface area contributed by atoms with Gasteiger partial charge in [-0.25, -0.2) is 3.11 Å². The average molecular weight is 266 g/mol. The fourth-order valence-corrected chi connectivity index (χ4v) is 3.27. The van der Waals surface area contributed by atoms with E-state index in [0.29, 0.717) is 0 Å². The Morgan fingerprint density at radius 3 is 2.73 bits per heavy atom. The monoisotopic (exact) mass is 266 g/mol. The fraction of sp³-hybridized carbons (Fsp3) is 1.00. The minimum Gasteiger partial charge on any atom is -0.302 e. The highest BCUT2D eigenvalue weighted by Gasteiger charge is 2.31. The second-order valence-electron chi connectivity index (χ2n) is 3.86. The molecule has 0 aromatic rings. The van der Waals surface area contributed by atoms with Gasteiger partial charge in [0.2, 0.25) is 0 Å². The molecule has 2 atom stereocenters. The van der Waals surface area contributed by atoms with Crippen molar-refractivity contribution in [2.45, 2.75) is 18.9 Å². The Morgan fingerprint density at radius 1 is 1.18 bits per heavy atom. The zero-order valence-corrected chi connectivity index (χ0v) is 9.12. The van der Waals surface area contributed by atoms with Crippen LogP contribution in [0.1, 0.15) is 12.8 Å². The van der Waals surface area contributed by atoms with E-state index in [1.165, 1.54) is 32.5 Å². The Balaban J connectivity index is 2.10. The van der Waals surface area contributed by atoms with Crippen LogP contribution < -0.4 is 0 Å². The van der Waals surface area contributed by atoms with Crippen molar-refractivity contribution in [1.29, 1.82) is 0 Å². The van der Waals surface area contributed by atoms with E-state index in [-0.39, 0.29) is 0 Å². The summed E-state index contributed by atoms with van der Waals surface area (Å²) < 4.78 is 2.46. The first-order valence-corrected chi connectivity index (χ1v) is 5.33. The van der Waals surface area contributed by atoms with Crippen molar-refractivity contribution in [3.63, 3.8) is 0 Å². The van der Waals surface area contributed by atoms with E-state index in [4.69, 9.17) is 0 Å². The molecule has 3 aliphatic heterocycles. The van der Waals surface area contributed by atoms with Crippen LogP contribution in [0.4, 0.5) is 0 Å². The van der Waals surface area contributed by atoms with Gasteiger partial charge in [0.05, 0.1) is 0 Å². The molecule has 3 heterocycles. The Hall–Kier alpha value is 0.650. The van der Waals surface area contributed by atoms with Crippen LogP contribution in [-0.2, 0) is 0 Å². The number of fused-ring (bicyclic) bond motifs is 4. The molecule has 0 aromatic carbocycles. The van der Waals surface area contributed by atoms with Gasteiger partial charge >= 0.3 is 0 Å². The largest absolute Gasteiger partial charge is 0.302 e. The maximum atomic E-state index is 2.53. The van der Waals surface area contributed by atoms with Crippen LogP contribution in [0.5, 0.6) is 0 Å². The highest BCUT2D eigenvalue weighted by Crippen LogP contribution is 2.27. The molecule has 0 aromatic heterocycles. The third-order valence-corrected chi connectivity index (χ3v) is 3.73. The summed E-state index contributed by atoms with van der Waals surface area (Å²) in [4.78, 5) is 2.53. The van der Waals surface area contributed by atoms with E-state index in [1.807, 2.05) is 0 Å². The van der Waals surface area contributed by atoms with Crippen LogP contribution >= 0.6 is 22.9 Å². The lowest BCUT2D eigenvalue weighted by Gasteiger charge is -2.32. The van der Waals surface area contributed by atoms with Gasteiger partial charge in [-0.05, 0) is 25.8 Å². The summed E-state index contributed by atoms with van der Waals surface area (Å²) in [6, 6.07) is 0.839. The number of piperidine rings is 1. The predicted molar refractivity (Wildman–Crippen MR) is 54.7 cm³/mol. The molecule has 0 radical (unpaired) electrons. The van der Waals surface area contributed by atoms with E-state index >= 15 is 0 Å². The Morgan fingerprint density at radius 2 is 2.00 bits per heavy atom. The van der Waals surface area contributed by atoms with Crippen molar-refractivity contribution in [3.05, 3.63) is 0 Å². The topological polar surface area (TPSA) is 6.48 Å². The lowest BCUT2D eigenvalue weighted by atomic mass is 9.96. The van der Waals surface area contributed by atoms with E-state index in [0.717, 1.165) is 12.0 Å². The minimum absolute atomic E-state index is 0.839. The summed E-state index contributed by atoms with van der Waals surface area (Å²) >= 11 is 2.47. The quantitative estimate of drug-likeness (QED) is 0.482. The predicted octanol–water partition coefficient (Wildman–Crippen LogP) is 1.36. The van der Waals surface area contributed by atoms with Gasteiger partial charge in [-0.15, -0.1) is 0 Å². The fourth-order valence-electron chi connectivity index (χ4n) is 2.26. The molecule has 0 N–H and O–H groups in total. The number of hydrogen-bond donors (Lipinski definition) is 0. The van der Waals surface area contributed by atoms with Crippen molar-refractivity contribution in [2.24, 2.45) is 5.92 Å². The highest BCUT2D eigenvalue weighted by atomic mass is 127. The summed E-state index contributed by atoms with van der Waals surface area (Å²) in [6.07, 6.45) is 2.87. The molecular formula is C8H15IN2. The molecule has 0 spiro atoms. The molecule has 0 amide bonds. The summed E-state index contributed by atoms with van der Waals surface area (Å²) in [7, 11) is 2.27. The molecule has 3 heteroatoms. The number of hydrogen-bond acceptors (Lipinski definition) is 2. The van der Waals surface area contributed by atoms with Crippen LogP contribution in [0.2, 0.25) is 0 Å². The van der Waals surface area contributed by atoms with Gasteiger partial charge in [-0.1, -0.05) is 0 Å². The number of halogens is 1. The van der Waals surface area contributed by atoms with Gasteiger partial charge in [-0.2, -0.15) is 0 Å². The zero-order valence-electron chi connectivity index (χ0n) is 6.96. The average Bonchev–Trinajstić information content (AvgIpc) is 2.16. The van der Waals surface area contributed by atoms with Crippen LogP contribution in [0.25, 0.3) is 0 Å². The number of nitrogens with zero attached hydrogens (tertiary/aromatic N) is 2. The van der Waals surface area contributed by atoms with Gasteiger partial charge in [0, 0.05) is 48.5 Å². The zero-order chi connectivity index (χ0) is 7.84. The molecule has 3 saturated heterocycles. The molecule has 3 fully saturated rings. The van der Waals surface area contributed by atoms with Gasteiger partial charge in [-0.3, -0.25) is 0 Å². The Bertz CT molecular complexity index is 149. The van der Waals surface area contributed by atoms with E-state index < -0.39 is 0 Å². The third-order valence-electron chi connectivity index (χ3n) is 2.94. The highest BCUT2D eigenvalue weighted by molar-refractivity contribution is 14.1. The molecule has 3 rings (SSSR count). The van der Waals surface area contributed by atoms with E-state index in [1.54, 1.807) is 0 Å². The summed E-state index contributed by atoms with van der Waals surface area (Å²) in [5.74, 6) is 0.940. The molecule has 2 nitrogen and oxygen atoms in total. The molecular weight excluding hydrogens is 251 g/mol. The molecule has 2 bridgehead atoms. The molecule has 3 aliphatic rings. The first kappa shape index (κ1) is 8.26. The van der Waals surface area contributed by atoms with Crippen molar-refractivity contribution in [3.8, 4) is 0 Å². The van der Waals surface area contributed by atoms with Crippen LogP contribution in [0.15, 0.2) is 0 Å². The Labute approximate surface area is 82.4 Å². The summed E-state index contributed by atoms with van der Waals surface area (Å²) in [5.41, 5.74) is 0. The molecule has 0 aliphatic carbocycles. The molecule has 2 unspecified atom stereocenters. The van der Waals surface area contributed by atoms with Crippen LogP contribution in [-0.4, -0.2) is 40.7 Å². The lowest BCUT2D eigenvalue weighted by molar-refractivity contribution is 0.168. The summed E-state index contributed by atoms with van der Waals surface area (Å²) in [5, 5.41) is 0. The van der Waals surface area contributed by atoms with Crippen LogP contribution in [0.3, 0.4) is 0 Å². The molecule has 64 valence electrons. The first-order chi connectivity index (χ1) is 5.25. The van der Waals surface area contributed by atoms with E-state index in [9.17, 15) is 0 Å². The lowest BCUT2D eigenvalue weighted by Crippen LogP contribution is -2.40. The smallest absolute Gasteiger partial charge is 0.0237 e. The van der Waals surface area contributed by atoms with Gasteiger partial charge in [0.25, 0.3) is 0 Å². The second-order valence-corrected chi connectivity index (χ2v) is 5.23. The maximum Gasteiger partial charge on any atom is 0.0237 e. The molecule has 11 heavy (non-hydrogen) atoms. The maximum absolute atomic E-state index is 2.53. The van der Waals surface area contributed by atoms with Gasteiger partial charge < -0.3 is 4.90 Å². The van der Waals surface area contributed by atoms with Crippen molar-refractivity contribution in [2.75, 3.05) is 26.7 Å². The second kappa shape index (κ2) is 3.18. The van der Waals surface area contributed by atoms with Crippen molar-refractivity contribution >= 4 is 22.9 Å². The normalized spacial score (nSPS) is 40.9. The number of rotatable bonds is 0. The third kappa shape index (κ3) is 1.70. The van der Waals surface area contributed by atoms with Crippen molar-refractivity contribution in [1.82, 2.24) is 8.01 Å². The SMILES string of the molecule is CN1CC2CCC1CN(I)C2. The van der Waals surface area contributed by atoms with Gasteiger partial charge in [0.15, 0.2) is 0 Å². The Kier molecular flexibility index (Phi) is 2.39. The first-order valence-electron chi connectivity index (χ1n) is 4.36. The minimum atomic E-state index is 0.839. The van der Waals surface area contributed by atoms with Crippen LogP contribution in [0, 0.1) is 5.92 Å². The van der Waals surface area contributed by atoms with E-state index in [2.05, 4.69) is 37.9 Å². The standard InChI is InChI=1S/C8H15IN2/c1-10-4-7-2-3-8(10)6-11(9)5-7/h7-8H,2-6H2,1H3. The summed E-state index contributed by atoms with van der Waals surface area (Å²) in [6.45, 7) is 3.90. The van der Waals surface area contributed by atoms with Crippen molar-refractivity contribution < 1.29 is 0 Å². The number of likely N-dealkylation sites (N-methyl/N-ethyl adjacent to an activating group) is 1.